The van der Waals surface area contributed by atoms with Crippen LogP contribution in [0.15, 0.2) is 9.64 Å². The van der Waals surface area contributed by atoms with Gasteiger partial charge in [-0.3, -0.25) is 4.79 Å². The number of aromatic amines is 1. The second-order valence-corrected chi connectivity index (χ2v) is 3.29. The molecule has 0 saturated carbocycles. The van der Waals surface area contributed by atoms with Gasteiger partial charge in [-0.15, -0.1) is 5.10 Å². The van der Waals surface area contributed by atoms with Crippen molar-refractivity contribution in [3.8, 4) is 0 Å². The van der Waals surface area contributed by atoms with Gasteiger partial charge < -0.3 is 9.52 Å². The molecule has 0 atom stereocenters. The van der Waals surface area contributed by atoms with E-state index in [2.05, 4.69) is 22.4 Å². The Morgan fingerprint density at radius 2 is 2.58 bits per heavy atom. The van der Waals surface area contributed by atoms with Crippen molar-refractivity contribution in [2.75, 3.05) is 5.75 Å². The highest BCUT2D eigenvalue weighted by Gasteiger charge is 2.02. The molecule has 1 aromatic heterocycles. The van der Waals surface area contributed by atoms with Gasteiger partial charge in [-0.25, -0.2) is 5.10 Å². The lowest BCUT2D eigenvalue weighted by molar-refractivity contribution is -0.136. The number of hydrogen-bond acceptors (Lipinski definition) is 5. The first-order chi connectivity index (χ1) is 5.68. The Hall–Kier alpha value is -0.820. The lowest BCUT2D eigenvalue weighted by atomic mass is 10.5. The van der Waals surface area contributed by atoms with Crippen LogP contribution in [0.1, 0.15) is 6.42 Å². The summed E-state index contributed by atoms with van der Waals surface area (Å²) in [4.78, 5) is 10.3. The molecule has 1 aromatic rings. The van der Waals surface area contributed by atoms with E-state index in [4.69, 9.17) is 9.52 Å². The van der Waals surface area contributed by atoms with Crippen LogP contribution in [0.4, 0.5) is 0 Å². The van der Waals surface area contributed by atoms with Crippen LogP contribution < -0.4 is 0 Å². The summed E-state index contributed by atoms with van der Waals surface area (Å²) in [6.45, 7) is 0. The molecule has 0 fully saturated rings. The van der Waals surface area contributed by atoms with Crippen molar-refractivity contribution in [1.29, 1.82) is 0 Å². The molecule has 0 bridgehead atoms. The number of aliphatic carboxylic acids is 1. The number of hydrogen-bond donors (Lipinski definition) is 2. The topological polar surface area (TPSA) is 79.1 Å². The van der Waals surface area contributed by atoms with E-state index < -0.39 is 5.97 Å². The molecular weight excluding hydrogens is 200 g/mol. The van der Waals surface area contributed by atoms with Crippen molar-refractivity contribution in [1.82, 2.24) is 10.2 Å². The highest BCUT2D eigenvalue weighted by molar-refractivity contribution is 7.99. The fourth-order valence-electron chi connectivity index (χ4n) is 0.504. The Kier molecular flexibility index (Phi) is 3.30. The molecule has 12 heavy (non-hydrogen) atoms. The predicted molar refractivity (Wildman–Crippen MR) is 44.7 cm³/mol. The number of thioether (sulfide) groups is 1. The van der Waals surface area contributed by atoms with E-state index in [0.717, 1.165) is 0 Å². The Morgan fingerprint density at radius 3 is 3.08 bits per heavy atom. The molecule has 0 radical (unpaired) electrons. The molecule has 0 unspecified atom stereocenters. The van der Waals surface area contributed by atoms with Crippen molar-refractivity contribution in [2.24, 2.45) is 0 Å². The van der Waals surface area contributed by atoms with Crippen molar-refractivity contribution in [2.45, 2.75) is 11.6 Å². The maximum Gasteiger partial charge on any atom is 0.304 e. The zero-order valence-corrected chi connectivity index (χ0v) is 7.57. The molecule has 0 aromatic carbocycles. The molecule has 5 nitrogen and oxygen atoms in total. The number of carboxylic acid groups (broad SMARTS) is 1. The zero-order chi connectivity index (χ0) is 8.97. The highest BCUT2D eigenvalue weighted by Crippen LogP contribution is 2.14. The van der Waals surface area contributed by atoms with Gasteiger partial charge in [0.15, 0.2) is 0 Å². The number of rotatable bonds is 4. The molecule has 2 N–H and O–H groups in total. The molecule has 66 valence electrons. The second kappa shape index (κ2) is 4.27. The van der Waals surface area contributed by atoms with Gasteiger partial charge in [-0.05, 0) is 12.2 Å². The first-order valence-corrected chi connectivity index (χ1v) is 4.48. The highest BCUT2D eigenvalue weighted by atomic mass is 32.2. The van der Waals surface area contributed by atoms with E-state index >= 15 is 0 Å². The van der Waals surface area contributed by atoms with E-state index in [0.29, 0.717) is 11.0 Å². The quantitative estimate of drug-likeness (QED) is 0.571. The second-order valence-electron chi connectivity index (χ2n) is 1.87. The van der Waals surface area contributed by atoms with Gasteiger partial charge in [0.05, 0.1) is 6.42 Å². The van der Waals surface area contributed by atoms with Gasteiger partial charge in [0, 0.05) is 5.75 Å². The molecule has 0 amide bonds. The van der Waals surface area contributed by atoms with Crippen LogP contribution >= 0.6 is 24.0 Å². The third-order valence-corrected chi connectivity index (χ3v) is 1.96. The standard InChI is InChI=1S/C5H6N2O3S2/c8-3(9)1-2-12-5-7-6-4(11)10-5/h1-2H2,(H,6,11)(H,8,9). The van der Waals surface area contributed by atoms with E-state index in [-0.39, 0.29) is 11.3 Å². The van der Waals surface area contributed by atoms with E-state index in [9.17, 15) is 4.79 Å². The Labute approximate surface area is 77.2 Å². The number of H-pyrrole nitrogens is 1. The lowest BCUT2D eigenvalue weighted by Gasteiger charge is -1.89. The molecule has 0 saturated heterocycles. The van der Waals surface area contributed by atoms with Crippen molar-refractivity contribution in [3.05, 3.63) is 4.84 Å². The Bertz CT molecular complexity index is 318. The summed E-state index contributed by atoms with van der Waals surface area (Å²) < 4.78 is 4.88. The molecule has 1 heterocycles. The summed E-state index contributed by atoms with van der Waals surface area (Å²) in [5, 5.41) is 14.8. The number of carboxylic acids is 1. The van der Waals surface area contributed by atoms with Crippen LogP contribution in [0.3, 0.4) is 0 Å². The molecule has 0 aliphatic carbocycles. The first-order valence-electron chi connectivity index (χ1n) is 3.08. The predicted octanol–water partition coefficient (Wildman–Crippen LogP) is 1.30. The molecule has 1 rings (SSSR count). The van der Waals surface area contributed by atoms with Crippen LogP contribution in [-0.4, -0.2) is 27.0 Å². The summed E-state index contributed by atoms with van der Waals surface area (Å²) in [7, 11) is 0. The lowest BCUT2D eigenvalue weighted by Crippen LogP contribution is -1.95. The summed E-state index contributed by atoms with van der Waals surface area (Å²) in [5.41, 5.74) is 0. The minimum absolute atomic E-state index is 0.0831. The largest absolute Gasteiger partial charge is 0.481 e. The summed E-state index contributed by atoms with van der Waals surface area (Å²) in [6, 6.07) is 0. The minimum Gasteiger partial charge on any atom is -0.481 e. The van der Waals surface area contributed by atoms with Gasteiger partial charge in [0.2, 0.25) is 0 Å². The van der Waals surface area contributed by atoms with Crippen molar-refractivity contribution < 1.29 is 14.3 Å². The smallest absolute Gasteiger partial charge is 0.304 e. The Morgan fingerprint density at radius 1 is 1.83 bits per heavy atom. The average Bonchev–Trinajstić information content (AvgIpc) is 2.35. The minimum atomic E-state index is -0.836. The third-order valence-electron chi connectivity index (χ3n) is 0.960. The summed E-state index contributed by atoms with van der Waals surface area (Å²) in [6.07, 6.45) is 0.0831. The average molecular weight is 206 g/mol. The van der Waals surface area contributed by atoms with Crippen LogP contribution in [0.5, 0.6) is 0 Å². The van der Waals surface area contributed by atoms with Gasteiger partial charge in [0.25, 0.3) is 10.1 Å². The number of aromatic nitrogens is 2. The summed E-state index contributed by atoms with van der Waals surface area (Å²) in [5.74, 6) is -0.407. The van der Waals surface area contributed by atoms with E-state index in [1.165, 1.54) is 11.8 Å². The van der Waals surface area contributed by atoms with Crippen LogP contribution in [0, 0.1) is 4.84 Å². The normalized spacial score (nSPS) is 10.0. The first kappa shape index (κ1) is 9.27. The van der Waals surface area contributed by atoms with Crippen LogP contribution in [0.25, 0.3) is 0 Å². The number of nitrogens with zero attached hydrogens (tertiary/aromatic N) is 1. The van der Waals surface area contributed by atoms with Crippen LogP contribution in [-0.2, 0) is 4.79 Å². The third kappa shape index (κ3) is 3.05. The molecular formula is C5H6N2O3S2. The van der Waals surface area contributed by atoms with Crippen molar-refractivity contribution in [3.63, 3.8) is 0 Å². The molecule has 0 aliphatic rings. The number of nitrogens with one attached hydrogen (secondary N) is 1. The van der Waals surface area contributed by atoms with E-state index in [1.54, 1.807) is 0 Å². The zero-order valence-electron chi connectivity index (χ0n) is 5.94. The maximum atomic E-state index is 10.1. The Balaban J connectivity index is 2.33. The maximum absolute atomic E-state index is 10.1. The van der Waals surface area contributed by atoms with E-state index in [1.807, 2.05) is 0 Å². The van der Waals surface area contributed by atoms with Crippen LogP contribution in [0.2, 0.25) is 0 Å². The van der Waals surface area contributed by atoms with Gasteiger partial charge >= 0.3 is 5.97 Å². The van der Waals surface area contributed by atoms with Gasteiger partial charge in [-0.1, -0.05) is 11.8 Å². The number of carbonyl (C=O) groups is 1. The SMILES string of the molecule is O=C(O)CCSc1n[nH]c(=S)o1. The van der Waals surface area contributed by atoms with Gasteiger partial charge in [-0.2, -0.15) is 0 Å². The monoisotopic (exact) mass is 206 g/mol. The molecule has 7 heteroatoms. The summed E-state index contributed by atoms with van der Waals surface area (Å²) >= 11 is 5.83. The fourth-order valence-corrected chi connectivity index (χ4v) is 1.38. The fraction of sp³-hybridized carbons (Fsp3) is 0.400. The van der Waals surface area contributed by atoms with Crippen molar-refractivity contribution >= 4 is 29.9 Å². The molecule has 0 spiro atoms. The van der Waals surface area contributed by atoms with Gasteiger partial charge in [0.1, 0.15) is 0 Å². The molecule has 0 aliphatic heterocycles.